The molecule has 0 aromatic heterocycles. The summed E-state index contributed by atoms with van der Waals surface area (Å²) in [4.78, 5) is 29.6. The highest BCUT2D eigenvalue weighted by Crippen LogP contribution is 2.34. The molecule has 1 aliphatic rings. The molecule has 3 aromatic rings. The number of rotatable bonds is 12. The lowest BCUT2D eigenvalue weighted by atomic mass is 9.95. The topological polar surface area (TPSA) is 96.0 Å². The number of methoxy groups -OCH3 is 1. The third-order valence-corrected chi connectivity index (χ3v) is 10.3. The van der Waals surface area contributed by atoms with E-state index in [0.717, 1.165) is 42.0 Å². The smallest absolute Gasteiger partial charge is 0.264 e. The van der Waals surface area contributed by atoms with Gasteiger partial charge in [0.2, 0.25) is 11.8 Å². The van der Waals surface area contributed by atoms with Crippen molar-refractivity contribution in [1.29, 1.82) is 0 Å². The Bertz CT molecular complexity index is 1560. The van der Waals surface area contributed by atoms with Gasteiger partial charge in [0.25, 0.3) is 10.0 Å². The molecule has 0 unspecified atom stereocenters. The number of sulfonamides is 1. The average molecular weight is 661 g/mol. The zero-order valence-electron chi connectivity index (χ0n) is 25.3. The van der Waals surface area contributed by atoms with Crippen molar-refractivity contribution in [2.75, 3.05) is 18.0 Å². The number of amides is 2. The largest absolute Gasteiger partial charge is 0.495 e. The standard InChI is InChI=1S/C33H39Cl2N3O5S/c1-4-29(33(40)36-26-11-7-5-8-12-26)37(21-24-16-17-25(34)20-28(24)35)32(39)22-38(30-19-23(2)15-18-31(30)43-3)44(41,42)27-13-9-6-10-14-27/h6,9-10,13-20,26,29H,4-5,7-8,11-12,21-22H2,1-3H3,(H,36,40)/t29-/m0/s1. The molecule has 236 valence electrons. The molecule has 1 atom stereocenters. The summed E-state index contributed by atoms with van der Waals surface area (Å²) in [6, 6.07) is 17.2. The van der Waals surface area contributed by atoms with E-state index >= 15 is 0 Å². The molecule has 2 amide bonds. The molecule has 11 heteroatoms. The Balaban J connectivity index is 1.77. The molecular weight excluding hydrogens is 621 g/mol. The van der Waals surface area contributed by atoms with Crippen LogP contribution in [0.3, 0.4) is 0 Å². The summed E-state index contributed by atoms with van der Waals surface area (Å²) in [7, 11) is -2.79. The van der Waals surface area contributed by atoms with Crippen LogP contribution in [0, 0.1) is 6.92 Å². The number of nitrogens with one attached hydrogen (secondary N) is 1. The monoisotopic (exact) mass is 659 g/mol. The number of aryl methyl sites for hydroxylation is 1. The van der Waals surface area contributed by atoms with E-state index in [0.29, 0.717) is 22.0 Å². The van der Waals surface area contributed by atoms with Gasteiger partial charge in [-0.1, -0.05) is 79.7 Å². The van der Waals surface area contributed by atoms with Gasteiger partial charge in [-0.25, -0.2) is 8.42 Å². The summed E-state index contributed by atoms with van der Waals surface area (Å²) < 4.78 is 34.9. The van der Waals surface area contributed by atoms with Crippen molar-refractivity contribution in [3.8, 4) is 5.75 Å². The minimum atomic E-state index is -4.23. The van der Waals surface area contributed by atoms with E-state index in [1.54, 1.807) is 54.6 Å². The number of carbonyl (C=O) groups is 2. The molecule has 0 saturated heterocycles. The van der Waals surface area contributed by atoms with Crippen molar-refractivity contribution < 1.29 is 22.7 Å². The van der Waals surface area contributed by atoms with Crippen molar-refractivity contribution in [2.24, 2.45) is 0 Å². The first-order chi connectivity index (χ1) is 21.0. The summed E-state index contributed by atoms with van der Waals surface area (Å²) in [5.41, 5.74) is 1.58. The van der Waals surface area contributed by atoms with Crippen LogP contribution in [0.15, 0.2) is 71.6 Å². The highest BCUT2D eigenvalue weighted by Gasteiger charge is 2.35. The lowest BCUT2D eigenvalue weighted by molar-refractivity contribution is -0.140. The first kappa shape index (κ1) is 33.6. The number of hydrogen-bond acceptors (Lipinski definition) is 5. The molecule has 8 nitrogen and oxygen atoms in total. The van der Waals surface area contributed by atoms with Crippen LogP contribution < -0.4 is 14.4 Å². The van der Waals surface area contributed by atoms with E-state index in [1.165, 1.54) is 24.1 Å². The first-order valence-corrected chi connectivity index (χ1v) is 17.0. The Kier molecular flexibility index (Phi) is 11.6. The van der Waals surface area contributed by atoms with Crippen LogP contribution in [0.25, 0.3) is 0 Å². The molecule has 1 N–H and O–H groups in total. The number of nitrogens with zero attached hydrogens (tertiary/aromatic N) is 2. The Morgan fingerprint density at radius 2 is 1.70 bits per heavy atom. The van der Waals surface area contributed by atoms with Crippen LogP contribution in [0.1, 0.15) is 56.6 Å². The van der Waals surface area contributed by atoms with Crippen molar-refractivity contribution >= 4 is 50.7 Å². The SMILES string of the molecule is CC[C@@H](C(=O)NC1CCCCC1)N(Cc1ccc(Cl)cc1Cl)C(=O)CN(c1cc(C)ccc1OC)S(=O)(=O)c1ccccc1. The molecule has 0 radical (unpaired) electrons. The Hall–Kier alpha value is -3.27. The minimum absolute atomic E-state index is 0.0182. The van der Waals surface area contributed by atoms with Gasteiger partial charge in [0.15, 0.2) is 0 Å². The third-order valence-electron chi connectivity index (χ3n) is 7.91. The summed E-state index contributed by atoms with van der Waals surface area (Å²) in [6.45, 7) is 3.07. The van der Waals surface area contributed by atoms with Crippen LogP contribution in [-0.2, 0) is 26.2 Å². The van der Waals surface area contributed by atoms with Crippen LogP contribution in [-0.4, -0.2) is 50.9 Å². The Labute approximate surface area is 270 Å². The van der Waals surface area contributed by atoms with Gasteiger partial charge in [-0.3, -0.25) is 13.9 Å². The highest BCUT2D eigenvalue weighted by atomic mass is 35.5. The summed E-state index contributed by atoms with van der Waals surface area (Å²) >= 11 is 12.7. The zero-order valence-corrected chi connectivity index (χ0v) is 27.6. The molecule has 0 aliphatic heterocycles. The maximum atomic E-state index is 14.4. The minimum Gasteiger partial charge on any atom is -0.495 e. The predicted molar refractivity (Wildman–Crippen MR) is 175 cm³/mol. The molecule has 0 heterocycles. The average Bonchev–Trinajstić information content (AvgIpc) is 3.01. The number of hydrogen-bond donors (Lipinski definition) is 1. The molecule has 4 rings (SSSR count). The molecule has 0 spiro atoms. The second-order valence-corrected chi connectivity index (χ2v) is 13.7. The van der Waals surface area contributed by atoms with Gasteiger partial charge in [-0.2, -0.15) is 0 Å². The molecule has 1 aliphatic carbocycles. The normalized spacial score (nSPS) is 14.5. The molecule has 1 saturated carbocycles. The van der Waals surface area contributed by atoms with E-state index < -0.39 is 28.5 Å². The number of benzene rings is 3. The molecule has 0 bridgehead atoms. The van der Waals surface area contributed by atoms with Crippen molar-refractivity contribution in [3.05, 3.63) is 87.9 Å². The van der Waals surface area contributed by atoms with Crippen LogP contribution in [0.2, 0.25) is 10.0 Å². The second kappa shape index (κ2) is 15.1. The van der Waals surface area contributed by atoms with E-state index in [-0.39, 0.29) is 34.8 Å². The quantitative estimate of drug-likeness (QED) is 0.232. The van der Waals surface area contributed by atoms with Crippen molar-refractivity contribution in [2.45, 2.75) is 75.9 Å². The van der Waals surface area contributed by atoms with E-state index in [1.807, 2.05) is 13.8 Å². The van der Waals surface area contributed by atoms with Crippen LogP contribution in [0.5, 0.6) is 5.75 Å². The van der Waals surface area contributed by atoms with Gasteiger partial charge in [0, 0.05) is 22.6 Å². The maximum Gasteiger partial charge on any atom is 0.264 e. The van der Waals surface area contributed by atoms with Gasteiger partial charge in [0.05, 0.1) is 17.7 Å². The van der Waals surface area contributed by atoms with E-state index in [4.69, 9.17) is 27.9 Å². The Morgan fingerprint density at radius 1 is 1.00 bits per heavy atom. The molecule has 1 fully saturated rings. The van der Waals surface area contributed by atoms with Crippen LogP contribution >= 0.6 is 23.2 Å². The summed E-state index contributed by atoms with van der Waals surface area (Å²) in [5.74, 6) is -0.551. The Morgan fingerprint density at radius 3 is 2.34 bits per heavy atom. The van der Waals surface area contributed by atoms with E-state index in [9.17, 15) is 18.0 Å². The van der Waals surface area contributed by atoms with Crippen LogP contribution in [0.4, 0.5) is 5.69 Å². The second-order valence-electron chi connectivity index (χ2n) is 11.0. The number of anilines is 1. The number of halogens is 2. The molecule has 44 heavy (non-hydrogen) atoms. The fourth-order valence-corrected chi connectivity index (χ4v) is 7.43. The molecular formula is C33H39Cl2N3O5S. The first-order valence-electron chi connectivity index (χ1n) is 14.8. The van der Waals surface area contributed by atoms with E-state index in [2.05, 4.69) is 5.32 Å². The van der Waals surface area contributed by atoms with Crippen molar-refractivity contribution in [1.82, 2.24) is 10.2 Å². The van der Waals surface area contributed by atoms with Gasteiger partial charge in [-0.05, 0) is 73.7 Å². The molecule has 3 aromatic carbocycles. The maximum absolute atomic E-state index is 14.4. The van der Waals surface area contributed by atoms with Gasteiger partial charge >= 0.3 is 0 Å². The van der Waals surface area contributed by atoms with Gasteiger partial charge in [-0.15, -0.1) is 0 Å². The van der Waals surface area contributed by atoms with Gasteiger partial charge < -0.3 is 15.0 Å². The third kappa shape index (κ3) is 8.06. The fraction of sp³-hybridized carbons (Fsp3) is 0.394. The lowest BCUT2D eigenvalue weighted by Crippen LogP contribution is -2.54. The highest BCUT2D eigenvalue weighted by molar-refractivity contribution is 7.92. The fourth-order valence-electron chi connectivity index (χ4n) is 5.53. The predicted octanol–water partition coefficient (Wildman–Crippen LogP) is 6.76. The summed E-state index contributed by atoms with van der Waals surface area (Å²) in [5, 5.41) is 3.92. The van der Waals surface area contributed by atoms with Crippen molar-refractivity contribution in [3.63, 3.8) is 0 Å². The lowest BCUT2D eigenvalue weighted by Gasteiger charge is -2.35. The number of ether oxygens (including phenoxy) is 1. The number of carbonyl (C=O) groups excluding carboxylic acids is 2. The summed E-state index contributed by atoms with van der Waals surface area (Å²) in [6.07, 6.45) is 5.29. The zero-order chi connectivity index (χ0) is 31.9. The van der Waals surface area contributed by atoms with Gasteiger partial charge in [0.1, 0.15) is 18.3 Å².